The Kier molecular flexibility index (Phi) is 3.96. The fraction of sp³-hybridized carbons (Fsp3) is 0.316. The van der Waals surface area contributed by atoms with Gasteiger partial charge < -0.3 is 5.32 Å². The molecule has 2 aromatic carbocycles. The molecule has 0 saturated carbocycles. The largest absolute Gasteiger partial charge is 0.331 e. The number of hydrogen-bond acceptors (Lipinski definition) is 2. The molecule has 2 atom stereocenters. The number of para-hydroxylation sites is 1. The van der Waals surface area contributed by atoms with Crippen molar-refractivity contribution in [3.63, 3.8) is 0 Å². The molecule has 4 rings (SSSR count). The van der Waals surface area contributed by atoms with Crippen molar-refractivity contribution in [3.8, 4) is 0 Å². The summed E-state index contributed by atoms with van der Waals surface area (Å²) in [6, 6.07) is 12.8. The molecule has 2 heterocycles. The van der Waals surface area contributed by atoms with Crippen LogP contribution in [0.5, 0.6) is 0 Å². The third kappa shape index (κ3) is 2.67. The Bertz CT molecular complexity index is 795. The number of halogens is 1. The molecule has 24 heavy (non-hydrogen) atoms. The van der Waals surface area contributed by atoms with E-state index in [-0.39, 0.29) is 23.9 Å². The van der Waals surface area contributed by atoms with Gasteiger partial charge in [-0.3, -0.25) is 4.90 Å². The van der Waals surface area contributed by atoms with Gasteiger partial charge in [0, 0.05) is 22.4 Å². The van der Waals surface area contributed by atoms with E-state index in [0.29, 0.717) is 0 Å². The lowest BCUT2D eigenvalue weighted by molar-refractivity contribution is 0.240. The van der Waals surface area contributed by atoms with Crippen molar-refractivity contribution < 1.29 is 9.18 Å². The normalized spacial score (nSPS) is 22.0. The molecule has 0 bridgehead atoms. The molecular formula is C19H19FN2OS. The Labute approximate surface area is 145 Å². The topological polar surface area (TPSA) is 32.3 Å². The van der Waals surface area contributed by atoms with Gasteiger partial charge in [0.15, 0.2) is 0 Å². The monoisotopic (exact) mass is 342 g/mol. The number of nitrogens with zero attached hydrogens (tertiary/aromatic N) is 1. The van der Waals surface area contributed by atoms with Crippen molar-refractivity contribution in [2.45, 2.75) is 36.7 Å². The SMILES string of the molecule is CC1Cc2ccccc2N1C(=O)NC1CCSc2ccc(F)cc21. The molecule has 0 fully saturated rings. The molecule has 0 spiro atoms. The highest BCUT2D eigenvalue weighted by atomic mass is 32.2. The van der Waals surface area contributed by atoms with E-state index in [4.69, 9.17) is 0 Å². The highest BCUT2D eigenvalue weighted by Gasteiger charge is 2.32. The van der Waals surface area contributed by atoms with Gasteiger partial charge in [0.1, 0.15) is 5.82 Å². The first-order valence-corrected chi connectivity index (χ1v) is 9.22. The van der Waals surface area contributed by atoms with Crippen LogP contribution in [-0.4, -0.2) is 17.8 Å². The maximum Gasteiger partial charge on any atom is 0.322 e. The van der Waals surface area contributed by atoms with E-state index in [2.05, 4.69) is 18.3 Å². The zero-order valence-electron chi connectivity index (χ0n) is 13.5. The second-order valence-corrected chi connectivity index (χ2v) is 7.51. The van der Waals surface area contributed by atoms with Crippen LogP contribution in [0.1, 0.15) is 30.5 Å². The maximum absolute atomic E-state index is 13.6. The standard InChI is InChI=1S/C19H19FN2OS/c1-12-10-13-4-2-3-5-17(13)22(12)19(23)21-16-8-9-24-18-7-6-14(20)11-15(16)18/h2-7,11-12,16H,8-10H2,1H3,(H,21,23). The summed E-state index contributed by atoms with van der Waals surface area (Å²) in [5.41, 5.74) is 3.07. The van der Waals surface area contributed by atoms with Crippen LogP contribution < -0.4 is 10.2 Å². The van der Waals surface area contributed by atoms with Crippen LogP contribution in [-0.2, 0) is 6.42 Å². The molecule has 2 amide bonds. The van der Waals surface area contributed by atoms with Gasteiger partial charge in [0.05, 0.1) is 6.04 Å². The number of thioether (sulfide) groups is 1. The number of fused-ring (bicyclic) bond motifs is 2. The maximum atomic E-state index is 13.6. The highest BCUT2D eigenvalue weighted by Crippen LogP contribution is 2.37. The molecule has 2 aromatic rings. The van der Waals surface area contributed by atoms with Crippen molar-refractivity contribution in [2.24, 2.45) is 0 Å². The van der Waals surface area contributed by atoms with Crippen LogP contribution in [0.3, 0.4) is 0 Å². The van der Waals surface area contributed by atoms with Crippen LogP contribution >= 0.6 is 11.8 Å². The van der Waals surface area contributed by atoms with Gasteiger partial charge in [-0.2, -0.15) is 0 Å². The molecule has 3 nitrogen and oxygen atoms in total. The Morgan fingerprint density at radius 2 is 2.12 bits per heavy atom. The number of anilines is 1. The highest BCUT2D eigenvalue weighted by molar-refractivity contribution is 7.99. The van der Waals surface area contributed by atoms with E-state index in [1.807, 2.05) is 23.1 Å². The average Bonchev–Trinajstić information content (AvgIpc) is 2.91. The number of urea groups is 1. The minimum absolute atomic E-state index is 0.0976. The Morgan fingerprint density at radius 3 is 3.00 bits per heavy atom. The van der Waals surface area contributed by atoms with Crippen LogP contribution in [0, 0.1) is 5.82 Å². The van der Waals surface area contributed by atoms with Gasteiger partial charge in [-0.05, 0) is 55.2 Å². The molecule has 5 heteroatoms. The van der Waals surface area contributed by atoms with Gasteiger partial charge in [-0.25, -0.2) is 9.18 Å². The van der Waals surface area contributed by atoms with E-state index in [9.17, 15) is 9.18 Å². The number of carbonyl (C=O) groups excluding carboxylic acids is 1. The van der Waals surface area contributed by atoms with E-state index < -0.39 is 0 Å². The molecule has 0 radical (unpaired) electrons. The number of amides is 2. The number of benzene rings is 2. The average molecular weight is 342 g/mol. The molecule has 0 saturated heterocycles. The van der Waals surface area contributed by atoms with Crippen LogP contribution in [0.25, 0.3) is 0 Å². The predicted octanol–water partition coefficient (Wildman–Crippen LogP) is 4.52. The van der Waals surface area contributed by atoms with Gasteiger partial charge in [0.25, 0.3) is 0 Å². The van der Waals surface area contributed by atoms with Crippen molar-refractivity contribution in [1.82, 2.24) is 5.32 Å². The minimum Gasteiger partial charge on any atom is -0.331 e. The second-order valence-electron chi connectivity index (χ2n) is 6.37. The van der Waals surface area contributed by atoms with Crippen molar-refractivity contribution in [2.75, 3.05) is 10.7 Å². The molecule has 0 aromatic heterocycles. The van der Waals surface area contributed by atoms with Gasteiger partial charge >= 0.3 is 6.03 Å². The lowest BCUT2D eigenvalue weighted by Crippen LogP contribution is -2.45. The van der Waals surface area contributed by atoms with Crippen LogP contribution in [0.15, 0.2) is 47.4 Å². The zero-order valence-corrected chi connectivity index (χ0v) is 14.3. The van der Waals surface area contributed by atoms with Crippen LogP contribution in [0.2, 0.25) is 0 Å². The van der Waals surface area contributed by atoms with Gasteiger partial charge in [-0.15, -0.1) is 11.8 Å². The fourth-order valence-electron chi connectivity index (χ4n) is 3.61. The molecule has 0 aliphatic carbocycles. The molecular weight excluding hydrogens is 323 g/mol. The molecule has 2 aliphatic heterocycles. The van der Waals surface area contributed by atoms with E-state index in [1.54, 1.807) is 23.9 Å². The third-order valence-electron chi connectivity index (χ3n) is 4.74. The molecule has 124 valence electrons. The zero-order chi connectivity index (χ0) is 16.7. The van der Waals surface area contributed by atoms with E-state index >= 15 is 0 Å². The lowest BCUT2D eigenvalue weighted by atomic mass is 10.0. The Morgan fingerprint density at radius 1 is 1.29 bits per heavy atom. The molecule has 1 N–H and O–H groups in total. The second kappa shape index (κ2) is 6.13. The van der Waals surface area contributed by atoms with Crippen molar-refractivity contribution in [1.29, 1.82) is 0 Å². The van der Waals surface area contributed by atoms with Gasteiger partial charge in [-0.1, -0.05) is 18.2 Å². The fourth-order valence-corrected chi connectivity index (χ4v) is 4.71. The lowest BCUT2D eigenvalue weighted by Gasteiger charge is -2.30. The number of hydrogen-bond donors (Lipinski definition) is 1. The summed E-state index contributed by atoms with van der Waals surface area (Å²) in [5, 5.41) is 3.12. The summed E-state index contributed by atoms with van der Waals surface area (Å²) in [5.74, 6) is 0.672. The first-order chi connectivity index (χ1) is 11.6. The third-order valence-corrected chi connectivity index (χ3v) is 5.86. The summed E-state index contributed by atoms with van der Waals surface area (Å²) in [6.07, 6.45) is 1.69. The van der Waals surface area contributed by atoms with Crippen molar-refractivity contribution in [3.05, 3.63) is 59.4 Å². The minimum atomic E-state index is -0.254. The van der Waals surface area contributed by atoms with Crippen LogP contribution in [0.4, 0.5) is 14.9 Å². The summed E-state index contributed by atoms with van der Waals surface area (Å²) >= 11 is 1.72. The van der Waals surface area contributed by atoms with E-state index in [1.165, 1.54) is 11.6 Å². The summed E-state index contributed by atoms with van der Waals surface area (Å²) in [7, 11) is 0. The smallest absolute Gasteiger partial charge is 0.322 e. The molecule has 2 unspecified atom stereocenters. The first-order valence-electron chi connectivity index (χ1n) is 8.23. The first kappa shape index (κ1) is 15.5. The Hall–Kier alpha value is -2.01. The molecule has 2 aliphatic rings. The summed E-state index contributed by atoms with van der Waals surface area (Å²) in [6.45, 7) is 2.06. The van der Waals surface area contributed by atoms with Crippen molar-refractivity contribution >= 4 is 23.5 Å². The number of rotatable bonds is 1. The number of carbonyl (C=O) groups is 1. The quantitative estimate of drug-likeness (QED) is 0.826. The summed E-state index contributed by atoms with van der Waals surface area (Å²) < 4.78 is 13.6. The summed E-state index contributed by atoms with van der Waals surface area (Å²) in [4.78, 5) is 15.8. The van der Waals surface area contributed by atoms with Gasteiger partial charge in [0.2, 0.25) is 0 Å². The van der Waals surface area contributed by atoms with E-state index in [0.717, 1.165) is 34.7 Å². The number of nitrogens with one attached hydrogen (secondary N) is 1. The Balaban J connectivity index is 1.59. The predicted molar refractivity (Wildman–Crippen MR) is 95.1 cm³/mol.